The summed E-state index contributed by atoms with van der Waals surface area (Å²) in [5.74, 6) is 0.486. The zero-order valence-corrected chi connectivity index (χ0v) is 13.5. The summed E-state index contributed by atoms with van der Waals surface area (Å²) in [6.07, 6.45) is 4.23. The second kappa shape index (κ2) is 7.22. The number of methoxy groups -OCH3 is 1. The Hall–Kier alpha value is -0.880. The number of ether oxygens (including phenoxy) is 1. The van der Waals surface area contributed by atoms with Gasteiger partial charge >= 0.3 is 0 Å². The SMILES string of the molecule is CCCNC(c1cc(Cl)sc1Cl)c1nccnc1OC. The highest BCUT2D eigenvalue weighted by molar-refractivity contribution is 7.20. The molecule has 0 saturated carbocycles. The van der Waals surface area contributed by atoms with Gasteiger partial charge in [0.1, 0.15) is 5.69 Å². The van der Waals surface area contributed by atoms with E-state index in [-0.39, 0.29) is 6.04 Å². The number of rotatable bonds is 6. The highest BCUT2D eigenvalue weighted by Crippen LogP contribution is 2.38. The zero-order valence-electron chi connectivity index (χ0n) is 11.2. The lowest BCUT2D eigenvalue weighted by molar-refractivity contribution is 0.382. The van der Waals surface area contributed by atoms with E-state index >= 15 is 0 Å². The van der Waals surface area contributed by atoms with E-state index in [9.17, 15) is 0 Å². The van der Waals surface area contributed by atoms with Gasteiger partial charge in [-0.25, -0.2) is 4.98 Å². The van der Waals surface area contributed by atoms with Gasteiger partial charge in [-0.15, -0.1) is 11.3 Å². The van der Waals surface area contributed by atoms with E-state index in [2.05, 4.69) is 22.2 Å². The van der Waals surface area contributed by atoms with Crippen LogP contribution in [0.3, 0.4) is 0 Å². The van der Waals surface area contributed by atoms with Gasteiger partial charge in [0.15, 0.2) is 0 Å². The average molecular weight is 332 g/mol. The van der Waals surface area contributed by atoms with Crippen LogP contribution in [0.5, 0.6) is 5.88 Å². The molecule has 0 aliphatic heterocycles. The molecule has 2 heterocycles. The molecule has 0 aliphatic rings. The van der Waals surface area contributed by atoms with Crippen LogP contribution in [0.4, 0.5) is 0 Å². The smallest absolute Gasteiger partial charge is 0.237 e. The molecule has 1 unspecified atom stereocenters. The van der Waals surface area contributed by atoms with E-state index in [4.69, 9.17) is 27.9 Å². The lowest BCUT2D eigenvalue weighted by atomic mass is 10.1. The molecule has 2 aromatic rings. The summed E-state index contributed by atoms with van der Waals surface area (Å²) in [7, 11) is 1.58. The standard InChI is InChI=1S/C13H15Cl2N3OS/c1-3-4-16-10(8-7-9(14)20-12(8)15)11-13(19-2)18-6-5-17-11/h5-7,10,16H,3-4H2,1-2H3. The first-order valence-corrected chi connectivity index (χ1v) is 7.77. The molecule has 1 atom stereocenters. The summed E-state index contributed by atoms with van der Waals surface area (Å²) in [4.78, 5) is 8.57. The van der Waals surface area contributed by atoms with Crippen molar-refractivity contribution in [3.8, 4) is 5.88 Å². The topological polar surface area (TPSA) is 47.0 Å². The van der Waals surface area contributed by atoms with Crippen molar-refractivity contribution in [2.24, 2.45) is 0 Å². The van der Waals surface area contributed by atoms with E-state index in [1.807, 2.05) is 6.07 Å². The summed E-state index contributed by atoms with van der Waals surface area (Å²) >= 11 is 13.7. The summed E-state index contributed by atoms with van der Waals surface area (Å²) in [6, 6.07) is 1.67. The molecule has 0 bridgehead atoms. The van der Waals surface area contributed by atoms with Crippen LogP contribution in [-0.4, -0.2) is 23.6 Å². The summed E-state index contributed by atoms with van der Waals surface area (Å²) in [5, 5.41) is 3.41. The fourth-order valence-corrected chi connectivity index (χ4v) is 3.42. The Morgan fingerprint density at radius 1 is 1.35 bits per heavy atom. The highest BCUT2D eigenvalue weighted by Gasteiger charge is 2.24. The van der Waals surface area contributed by atoms with Crippen molar-refractivity contribution >= 4 is 34.5 Å². The molecule has 2 aromatic heterocycles. The minimum absolute atomic E-state index is 0.185. The maximum Gasteiger partial charge on any atom is 0.237 e. The van der Waals surface area contributed by atoms with Crippen molar-refractivity contribution in [2.75, 3.05) is 13.7 Å². The maximum atomic E-state index is 6.27. The van der Waals surface area contributed by atoms with Crippen LogP contribution in [0.25, 0.3) is 0 Å². The zero-order chi connectivity index (χ0) is 14.5. The molecule has 0 radical (unpaired) electrons. The monoisotopic (exact) mass is 331 g/mol. The van der Waals surface area contributed by atoms with Gasteiger partial charge in [-0.1, -0.05) is 30.1 Å². The Morgan fingerprint density at radius 2 is 2.10 bits per heavy atom. The molecule has 0 amide bonds. The second-order valence-corrected chi connectivity index (χ2v) is 6.40. The van der Waals surface area contributed by atoms with Crippen molar-refractivity contribution < 1.29 is 4.74 Å². The van der Waals surface area contributed by atoms with Crippen LogP contribution in [0.2, 0.25) is 8.67 Å². The van der Waals surface area contributed by atoms with Crippen molar-refractivity contribution in [2.45, 2.75) is 19.4 Å². The van der Waals surface area contributed by atoms with Gasteiger partial charge in [-0.05, 0) is 19.0 Å². The Kier molecular flexibility index (Phi) is 5.60. The molecular weight excluding hydrogens is 317 g/mol. The first-order valence-electron chi connectivity index (χ1n) is 6.20. The molecule has 0 aromatic carbocycles. The lowest BCUT2D eigenvalue weighted by Crippen LogP contribution is -2.24. The molecule has 2 rings (SSSR count). The van der Waals surface area contributed by atoms with Gasteiger partial charge in [0.05, 0.1) is 21.8 Å². The third-order valence-corrected chi connectivity index (χ3v) is 4.27. The van der Waals surface area contributed by atoms with Crippen molar-refractivity contribution in [1.82, 2.24) is 15.3 Å². The minimum atomic E-state index is -0.185. The van der Waals surface area contributed by atoms with Crippen molar-refractivity contribution in [3.05, 3.63) is 38.4 Å². The van der Waals surface area contributed by atoms with Gasteiger partial charge in [0, 0.05) is 18.0 Å². The summed E-state index contributed by atoms with van der Waals surface area (Å²) in [6.45, 7) is 2.92. The molecule has 0 saturated heterocycles. The van der Waals surface area contributed by atoms with Crippen LogP contribution in [0.1, 0.15) is 30.6 Å². The van der Waals surface area contributed by atoms with Gasteiger partial charge < -0.3 is 10.1 Å². The summed E-state index contributed by atoms with van der Waals surface area (Å²) in [5.41, 5.74) is 1.61. The van der Waals surface area contributed by atoms with E-state index in [0.717, 1.165) is 18.5 Å². The van der Waals surface area contributed by atoms with Crippen LogP contribution in [0, 0.1) is 0 Å². The first-order chi connectivity index (χ1) is 9.67. The molecule has 4 nitrogen and oxygen atoms in total. The van der Waals surface area contributed by atoms with E-state index in [0.29, 0.717) is 20.2 Å². The van der Waals surface area contributed by atoms with E-state index in [1.165, 1.54) is 11.3 Å². The van der Waals surface area contributed by atoms with Crippen LogP contribution in [-0.2, 0) is 0 Å². The molecular formula is C13H15Cl2N3OS. The second-order valence-electron chi connectivity index (χ2n) is 4.12. The Bertz CT molecular complexity index is 576. The molecule has 20 heavy (non-hydrogen) atoms. The minimum Gasteiger partial charge on any atom is -0.480 e. The fourth-order valence-electron chi connectivity index (χ4n) is 1.88. The third-order valence-electron chi connectivity index (χ3n) is 2.75. The molecule has 0 spiro atoms. The number of halogens is 2. The number of hydrogen-bond acceptors (Lipinski definition) is 5. The quantitative estimate of drug-likeness (QED) is 0.870. The molecule has 0 fully saturated rings. The number of aromatic nitrogens is 2. The normalized spacial score (nSPS) is 12.4. The lowest BCUT2D eigenvalue weighted by Gasteiger charge is -2.19. The van der Waals surface area contributed by atoms with Crippen molar-refractivity contribution in [3.63, 3.8) is 0 Å². The predicted molar refractivity (Wildman–Crippen MR) is 83.1 cm³/mol. The van der Waals surface area contributed by atoms with Gasteiger partial charge in [0.2, 0.25) is 5.88 Å². The third kappa shape index (κ3) is 3.41. The Balaban J connectivity index is 2.44. The Labute approximate surface area is 132 Å². The van der Waals surface area contributed by atoms with Gasteiger partial charge in [-0.2, -0.15) is 0 Å². The van der Waals surface area contributed by atoms with Crippen LogP contribution < -0.4 is 10.1 Å². The number of hydrogen-bond donors (Lipinski definition) is 1. The molecule has 0 aliphatic carbocycles. The highest BCUT2D eigenvalue weighted by atomic mass is 35.5. The van der Waals surface area contributed by atoms with Crippen LogP contribution in [0.15, 0.2) is 18.5 Å². The number of thiophene rings is 1. The van der Waals surface area contributed by atoms with E-state index < -0.39 is 0 Å². The van der Waals surface area contributed by atoms with Gasteiger partial charge in [-0.3, -0.25) is 4.98 Å². The number of nitrogens with one attached hydrogen (secondary N) is 1. The van der Waals surface area contributed by atoms with E-state index in [1.54, 1.807) is 19.5 Å². The predicted octanol–water partition coefficient (Wildman–Crippen LogP) is 3.94. The summed E-state index contributed by atoms with van der Waals surface area (Å²) < 4.78 is 6.59. The van der Waals surface area contributed by atoms with Crippen LogP contribution >= 0.6 is 34.5 Å². The Morgan fingerprint density at radius 3 is 2.70 bits per heavy atom. The molecule has 108 valence electrons. The maximum absolute atomic E-state index is 6.27. The largest absolute Gasteiger partial charge is 0.480 e. The number of nitrogens with zero attached hydrogens (tertiary/aromatic N) is 2. The molecule has 1 N–H and O–H groups in total. The fraction of sp³-hybridized carbons (Fsp3) is 0.385. The van der Waals surface area contributed by atoms with Gasteiger partial charge in [0.25, 0.3) is 0 Å². The van der Waals surface area contributed by atoms with Crippen molar-refractivity contribution in [1.29, 1.82) is 0 Å². The average Bonchev–Trinajstić information content (AvgIpc) is 2.79. The molecule has 7 heteroatoms. The first kappa shape index (κ1) is 15.5.